The molecule has 4 nitrogen and oxygen atoms in total. The van der Waals surface area contributed by atoms with Gasteiger partial charge in [0.1, 0.15) is 12.1 Å². The van der Waals surface area contributed by atoms with Crippen molar-refractivity contribution in [3.63, 3.8) is 0 Å². The van der Waals surface area contributed by atoms with Crippen molar-refractivity contribution in [2.75, 3.05) is 0 Å². The number of rotatable bonds is 2. The second-order valence-electron chi connectivity index (χ2n) is 3.41. The summed E-state index contributed by atoms with van der Waals surface area (Å²) in [7, 11) is 0. The van der Waals surface area contributed by atoms with Crippen molar-refractivity contribution in [1.82, 2.24) is 0 Å². The smallest absolute Gasteiger partial charge is 0.323 e. The van der Waals surface area contributed by atoms with E-state index in [0.717, 1.165) is 0 Å². The molecule has 1 heterocycles. The van der Waals surface area contributed by atoms with Crippen LogP contribution in [0.2, 0.25) is 0 Å². The molecule has 68 valence electrons. The second-order valence-corrected chi connectivity index (χ2v) is 3.41. The number of hydrogen-bond acceptors (Lipinski definition) is 3. The molecule has 0 radical (unpaired) electrons. The van der Waals surface area contributed by atoms with E-state index in [2.05, 4.69) is 0 Å². The summed E-state index contributed by atoms with van der Waals surface area (Å²) in [5, 5.41) is 8.57. The Balaban J connectivity index is 2.60. The van der Waals surface area contributed by atoms with Gasteiger partial charge in [-0.3, -0.25) is 4.79 Å². The van der Waals surface area contributed by atoms with Gasteiger partial charge in [0.05, 0.1) is 5.60 Å². The predicted octanol–water partition coefficient (Wildman–Crippen LogP) is 0.132. The van der Waals surface area contributed by atoms with E-state index in [0.29, 0.717) is 0 Å². The van der Waals surface area contributed by atoms with Gasteiger partial charge in [0.25, 0.3) is 0 Å². The summed E-state index contributed by atoms with van der Waals surface area (Å²) in [5.74, 6) is -1.04. The molecule has 0 fully saturated rings. The third kappa shape index (κ3) is 1.84. The Morgan fingerprint density at radius 2 is 2.33 bits per heavy atom. The minimum atomic E-state index is -1.04. The van der Waals surface area contributed by atoms with Crippen LogP contribution in [0.25, 0.3) is 0 Å². The van der Waals surface area contributed by atoms with Crippen LogP contribution in [0.4, 0.5) is 0 Å². The molecular formula is C8H13NO3. The van der Waals surface area contributed by atoms with Crippen molar-refractivity contribution < 1.29 is 14.6 Å². The van der Waals surface area contributed by atoms with Gasteiger partial charge in [0.2, 0.25) is 0 Å². The highest BCUT2D eigenvalue weighted by atomic mass is 16.5. The number of ether oxygens (including phenoxy) is 1. The first-order valence-corrected chi connectivity index (χ1v) is 3.78. The van der Waals surface area contributed by atoms with Crippen molar-refractivity contribution in [2.24, 2.45) is 5.73 Å². The fraction of sp³-hybridized carbons (Fsp3) is 0.625. The van der Waals surface area contributed by atoms with Crippen LogP contribution in [0.3, 0.4) is 0 Å². The molecule has 1 aliphatic rings. The number of carbonyl (C=O) groups is 1. The Morgan fingerprint density at radius 3 is 2.67 bits per heavy atom. The lowest BCUT2D eigenvalue weighted by molar-refractivity contribution is -0.142. The molecule has 0 aliphatic carbocycles. The van der Waals surface area contributed by atoms with Gasteiger partial charge in [0, 0.05) is 0 Å². The molecule has 0 aromatic carbocycles. The van der Waals surface area contributed by atoms with Crippen molar-refractivity contribution >= 4 is 5.97 Å². The van der Waals surface area contributed by atoms with Crippen molar-refractivity contribution in [3.05, 3.63) is 12.2 Å². The van der Waals surface area contributed by atoms with Crippen LogP contribution in [0.15, 0.2) is 12.2 Å². The van der Waals surface area contributed by atoms with E-state index in [4.69, 9.17) is 15.6 Å². The molecule has 0 bridgehead atoms. The minimum Gasteiger partial charge on any atom is -0.480 e. The Morgan fingerprint density at radius 1 is 1.75 bits per heavy atom. The SMILES string of the molecule is CC1(C)C=C[C@@H]([C@H](N)C(=O)O)O1. The first-order chi connectivity index (χ1) is 5.42. The lowest BCUT2D eigenvalue weighted by atomic mass is 10.1. The maximum absolute atomic E-state index is 10.5. The van der Waals surface area contributed by atoms with Gasteiger partial charge >= 0.3 is 5.97 Å². The lowest BCUT2D eigenvalue weighted by Crippen LogP contribution is -2.42. The third-order valence-corrected chi connectivity index (χ3v) is 1.77. The standard InChI is InChI=1S/C8H13NO3/c1-8(2)4-3-5(12-8)6(9)7(10)11/h3-6H,9H2,1-2H3,(H,10,11)/t5-,6-/m0/s1. The van der Waals surface area contributed by atoms with Crippen LogP contribution in [-0.2, 0) is 9.53 Å². The maximum Gasteiger partial charge on any atom is 0.323 e. The Labute approximate surface area is 71.0 Å². The predicted molar refractivity (Wildman–Crippen MR) is 43.7 cm³/mol. The van der Waals surface area contributed by atoms with E-state index in [1.807, 2.05) is 19.9 Å². The number of carboxylic acid groups (broad SMARTS) is 1. The van der Waals surface area contributed by atoms with Gasteiger partial charge in [-0.2, -0.15) is 0 Å². The van der Waals surface area contributed by atoms with Crippen LogP contribution < -0.4 is 5.73 Å². The molecule has 0 unspecified atom stereocenters. The molecule has 2 atom stereocenters. The van der Waals surface area contributed by atoms with E-state index < -0.39 is 23.7 Å². The zero-order valence-corrected chi connectivity index (χ0v) is 7.15. The number of aliphatic carboxylic acids is 1. The fourth-order valence-corrected chi connectivity index (χ4v) is 1.09. The maximum atomic E-state index is 10.5. The highest BCUT2D eigenvalue weighted by Gasteiger charge is 2.32. The van der Waals surface area contributed by atoms with Crippen molar-refractivity contribution in [3.8, 4) is 0 Å². The molecule has 0 saturated carbocycles. The van der Waals surface area contributed by atoms with Gasteiger partial charge in [0.15, 0.2) is 0 Å². The van der Waals surface area contributed by atoms with Gasteiger partial charge in [-0.05, 0) is 13.8 Å². The molecule has 0 aromatic heterocycles. The molecular weight excluding hydrogens is 158 g/mol. The van der Waals surface area contributed by atoms with Crippen LogP contribution in [0.5, 0.6) is 0 Å². The monoisotopic (exact) mass is 171 g/mol. The van der Waals surface area contributed by atoms with Crippen LogP contribution >= 0.6 is 0 Å². The molecule has 0 spiro atoms. The minimum absolute atomic E-state index is 0.391. The quantitative estimate of drug-likeness (QED) is 0.579. The van der Waals surface area contributed by atoms with Gasteiger partial charge < -0.3 is 15.6 Å². The highest BCUT2D eigenvalue weighted by molar-refractivity contribution is 5.74. The number of nitrogens with two attached hydrogens (primary N) is 1. The Hall–Kier alpha value is -0.870. The van der Waals surface area contributed by atoms with Gasteiger partial charge in [-0.1, -0.05) is 12.2 Å². The van der Waals surface area contributed by atoms with Gasteiger partial charge in [-0.15, -0.1) is 0 Å². The Bertz CT molecular complexity index is 222. The van der Waals surface area contributed by atoms with Crippen LogP contribution in [0.1, 0.15) is 13.8 Å². The number of carboxylic acids is 1. The Kier molecular flexibility index (Phi) is 2.21. The van der Waals surface area contributed by atoms with Crippen molar-refractivity contribution in [2.45, 2.75) is 31.6 Å². The summed E-state index contributed by atoms with van der Waals surface area (Å²) in [4.78, 5) is 10.5. The largest absolute Gasteiger partial charge is 0.480 e. The first kappa shape index (κ1) is 9.22. The van der Waals surface area contributed by atoms with Crippen LogP contribution in [-0.4, -0.2) is 28.8 Å². The molecule has 1 rings (SSSR count). The molecule has 4 heteroatoms. The molecule has 0 amide bonds. The fourth-order valence-electron chi connectivity index (χ4n) is 1.09. The summed E-state index contributed by atoms with van der Waals surface area (Å²) in [6.07, 6.45) is 3.01. The van der Waals surface area contributed by atoms with Crippen LogP contribution in [0, 0.1) is 0 Å². The lowest BCUT2D eigenvalue weighted by Gasteiger charge is -2.21. The normalized spacial score (nSPS) is 28.8. The zero-order chi connectivity index (χ0) is 9.35. The van der Waals surface area contributed by atoms with Crippen molar-refractivity contribution in [1.29, 1.82) is 0 Å². The van der Waals surface area contributed by atoms with Gasteiger partial charge in [-0.25, -0.2) is 0 Å². The van der Waals surface area contributed by atoms with E-state index in [9.17, 15) is 4.79 Å². The summed E-state index contributed by atoms with van der Waals surface area (Å²) < 4.78 is 5.35. The average Bonchev–Trinajstić information content (AvgIpc) is 2.28. The van der Waals surface area contributed by atoms with E-state index in [-0.39, 0.29) is 0 Å². The molecule has 3 N–H and O–H groups in total. The van der Waals surface area contributed by atoms with E-state index >= 15 is 0 Å². The summed E-state index contributed by atoms with van der Waals surface area (Å²) >= 11 is 0. The average molecular weight is 171 g/mol. The highest BCUT2D eigenvalue weighted by Crippen LogP contribution is 2.23. The molecule has 0 aromatic rings. The first-order valence-electron chi connectivity index (χ1n) is 3.78. The molecule has 1 aliphatic heterocycles. The third-order valence-electron chi connectivity index (χ3n) is 1.77. The summed E-state index contributed by atoms with van der Waals surface area (Å²) in [6.45, 7) is 3.72. The summed E-state index contributed by atoms with van der Waals surface area (Å²) in [5.41, 5.74) is 4.98. The van der Waals surface area contributed by atoms with E-state index in [1.54, 1.807) is 6.08 Å². The molecule has 0 saturated heterocycles. The topological polar surface area (TPSA) is 72.6 Å². The van der Waals surface area contributed by atoms with E-state index in [1.165, 1.54) is 0 Å². The zero-order valence-electron chi connectivity index (χ0n) is 7.15. The second kappa shape index (κ2) is 2.88. The molecule has 12 heavy (non-hydrogen) atoms. The number of hydrogen-bond donors (Lipinski definition) is 2. The summed E-state index contributed by atoms with van der Waals surface area (Å²) in [6, 6.07) is -0.969.